The van der Waals surface area contributed by atoms with Gasteiger partial charge in [0.05, 0.1) is 17.3 Å². The number of aromatic nitrogens is 2. The van der Waals surface area contributed by atoms with Crippen LogP contribution in [-0.2, 0) is 0 Å². The van der Waals surface area contributed by atoms with Crippen molar-refractivity contribution in [3.05, 3.63) is 90.4 Å². The number of carbonyl (C=O) groups excluding carboxylic acids is 1. The van der Waals surface area contributed by atoms with E-state index in [0.29, 0.717) is 23.4 Å². The maximum absolute atomic E-state index is 13.7. The van der Waals surface area contributed by atoms with Gasteiger partial charge in [0.2, 0.25) is 5.95 Å². The molecule has 0 bridgehead atoms. The molecule has 138 valence electrons. The number of hydrogen-bond acceptors (Lipinski definition) is 4. The molecule has 0 aliphatic rings. The van der Waals surface area contributed by atoms with E-state index in [-0.39, 0.29) is 0 Å². The first kappa shape index (κ1) is 17.5. The van der Waals surface area contributed by atoms with E-state index < -0.39 is 23.2 Å². The molecule has 1 N–H and O–H groups in total. The summed E-state index contributed by atoms with van der Waals surface area (Å²) in [6.07, 6.45) is 2.31. The predicted molar refractivity (Wildman–Crippen MR) is 100 cm³/mol. The number of anilines is 1. The maximum atomic E-state index is 13.7. The van der Waals surface area contributed by atoms with Crippen molar-refractivity contribution in [2.24, 2.45) is 0 Å². The zero-order valence-corrected chi connectivity index (χ0v) is 14.4. The third-order valence-corrected chi connectivity index (χ3v) is 4.00. The van der Waals surface area contributed by atoms with Crippen molar-refractivity contribution >= 4 is 22.5 Å². The number of hydrogen-bond donors (Lipinski definition) is 1. The number of fused-ring (bicyclic) bond motifs is 1. The zero-order valence-electron chi connectivity index (χ0n) is 14.4. The minimum Gasteiger partial charge on any atom is -0.457 e. The Morgan fingerprint density at radius 3 is 2.71 bits per heavy atom. The third-order valence-electron chi connectivity index (χ3n) is 4.00. The van der Waals surface area contributed by atoms with Gasteiger partial charge in [0.1, 0.15) is 11.5 Å². The number of nitrogens with zero attached hydrogens (tertiary/aromatic N) is 2. The van der Waals surface area contributed by atoms with Gasteiger partial charge in [0.25, 0.3) is 5.91 Å². The van der Waals surface area contributed by atoms with Crippen LogP contribution in [0.3, 0.4) is 0 Å². The molecule has 0 atom stereocenters. The van der Waals surface area contributed by atoms with Crippen molar-refractivity contribution in [2.75, 3.05) is 5.32 Å². The number of rotatable bonds is 4. The van der Waals surface area contributed by atoms with E-state index in [1.54, 1.807) is 36.5 Å². The van der Waals surface area contributed by atoms with Crippen LogP contribution in [0.2, 0.25) is 0 Å². The van der Waals surface area contributed by atoms with E-state index in [4.69, 9.17) is 4.74 Å². The molecule has 0 aliphatic carbocycles. The van der Waals surface area contributed by atoms with Crippen LogP contribution in [0.1, 0.15) is 10.4 Å². The van der Waals surface area contributed by atoms with Crippen molar-refractivity contribution in [3.8, 4) is 11.5 Å². The fourth-order valence-electron chi connectivity index (χ4n) is 2.71. The normalized spacial score (nSPS) is 10.6. The molecule has 0 fully saturated rings. The van der Waals surface area contributed by atoms with Crippen LogP contribution in [0.4, 0.5) is 14.5 Å². The SMILES string of the molecule is O=C(Nc1cccc(Oc2ccnc3ccccc23)c1)c1cc(F)ncc1F. The van der Waals surface area contributed by atoms with E-state index in [9.17, 15) is 13.6 Å². The van der Waals surface area contributed by atoms with Gasteiger partial charge in [-0.1, -0.05) is 18.2 Å². The first-order valence-electron chi connectivity index (χ1n) is 8.34. The molecule has 0 unspecified atom stereocenters. The molecule has 7 heteroatoms. The van der Waals surface area contributed by atoms with Crippen LogP contribution < -0.4 is 10.1 Å². The van der Waals surface area contributed by atoms with Gasteiger partial charge in [-0.05, 0) is 30.3 Å². The van der Waals surface area contributed by atoms with Gasteiger partial charge >= 0.3 is 0 Å². The van der Waals surface area contributed by atoms with Crippen LogP contribution in [0.15, 0.2) is 73.1 Å². The number of benzene rings is 2. The van der Waals surface area contributed by atoms with Gasteiger partial charge in [-0.2, -0.15) is 4.39 Å². The Hall–Kier alpha value is -3.87. The summed E-state index contributed by atoms with van der Waals surface area (Å²) < 4.78 is 32.8. The number of para-hydroxylation sites is 1. The molecule has 4 aromatic rings. The Morgan fingerprint density at radius 1 is 0.964 bits per heavy atom. The summed E-state index contributed by atoms with van der Waals surface area (Å²) in [5.74, 6) is -1.56. The van der Waals surface area contributed by atoms with Crippen LogP contribution in [0.5, 0.6) is 11.5 Å². The summed E-state index contributed by atoms with van der Waals surface area (Å²) in [7, 11) is 0. The number of halogens is 2. The van der Waals surface area contributed by atoms with E-state index in [1.165, 1.54) is 0 Å². The molecule has 0 spiro atoms. The molecule has 0 aliphatic heterocycles. The monoisotopic (exact) mass is 377 g/mol. The van der Waals surface area contributed by atoms with Crippen molar-refractivity contribution in [3.63, 3.8) is 0 Å². The lowest BCUT2D eigenvalue weighted by Gasteiger charge is -2.11. The second-order valence-electron chi connectivity index (χ2n) is 5.90. The summed E-state index contributed by atoms with van der Waals surface area (Å²) in [6.45, 7) is 0. The highest BCUT2D eigenvalue weighted by molar-refractivity contribution is 6.04. The summed E-state index contributed by atoms with van der Waals surface area (Å²) in [5, 5.41) is 3.37. The third kappa shape index (κ3) is 3.64. The molecule has 0 saturated heterocycles. The average molecular weight is 377 g/mol. The van der Waals surface area contributed by atoms with E-state index in [2.05, 4.69) is 15.3 Å². The van der Waals surface area contributed by atoms with Crippen molar-refractivity contribution in [1.82, 2.24) is 9.97 Å². The van der Waals surface area contributed by atoms with Gasteiger partial charge in [0.15, 0.2) is 5.82 Å². The number of nitrogens with one attached hydrogen (secondary N) is 1. The second-order valence-corrected chi connectivity index (χ2v) is 5.90. The lowest BCUT2D eigenvalue weighted by molar-refractivity contribution is 0.102. The lowest BCUT2D eigenvalue weighted by Crippen LogP contribution is -2.14. The zero-order chi connectivity index (χ0) is 19.5. The van der Waals surface area contributed by atoms with Crippen molar-refractivity contribution in [1.29, 1.82) is 0 Å². The standard InChI is InChI=1S/C21H13F2N3O2/c22-17-12-25-20(23)11-16(17)21(27)26-13-4-3-5-14(10-13)28-19-8-9-24-18-7-2-1-6-15(18)19/h1-12H,(H,26,27). The Balaban J connectivity index is 1.58. The molecule has 2 aromatic carbocycles. The van der Waals surface area contributed by atoms with Crippen LogP contribution in [0, 0.1) is 11.8 Å². The fourth-order valence-corrected chi connectivity index (χ4v) is 2.71. The second kappa shape index (κ2) is 7.40. The molecule has 0 saturated carbocycles. The van der Waals surface area contributed by atoms with Crippen molar-refractivity contribution in [2.45, 2.75) is 0 Å². The van der Waals surface area contributed by atoms with E-state index in [0.717, 1.165) is 17.0 Å². The van der Waals surface area contributed by atoms with Gasteiger partial charge in [-0.3, -0.25) is 9.78 Å². The van der Waals surface area contributed by atoms with E-state index >= 15 is 0 Å². The first-order chi connectivity index (χ1) is 13.6. The van der Waals surface area contributed by atoms with Gasteiger partial charge < -0.3 is 10.1 Å². The molecule has 4 rings (SSSR count). The molecule has 5 nitrogen and oxygen atoms in total. The average Bonchev–Trinajstić information content (AvgIpc) is 2.70. The number of amides is 1. The van der Waals surface area contributed by atoms with Crippen LogP contribution >= 0.6 is 0 Å². The minimum absolute atomic E-state index is 0.373. The summed E-state index contributed by atoms with van der Waals surface area (Å²) >= 11 is 0. The predicted octanol–water partition coefficient (Wildman–Crippen LogP) is 4.95. The fraction of sp³-hybridized carbons (Fsp3) is 0. The molecule has 0 radical (unpaired) electrons. The van der Waals surface area contributed by atoms with Crippen LogP contribution in [0.25, 0.3) is 10.9 Å². The van der Waals surface area contributed by atoms with Gasteiger partial charge in [0, 0.05) is 29.4 Å². The largest absolute Gasteiger partial charge is 0.457 e. The lowest BCUT2D eigenvalue weighted by atomic mass is 10.2. The topological polar surface area (TPSA) is 64.1 Å². The minimum atomic E-state index is -0.937. The number of pyridine rings is 2. The molecule has 1 amide bonds. The Kier molecular flexibility index (Phi) is 4.63. The number of ether oxygens (including phenoxy) is 1. The Bertz CT molecular complexity index is 1180. The molecule has 2 heterocycles. The molecular formula is C21H13F2N3O2. The highest BCUT2D eigenvalue weighted by Crippen LogP contribution is 2.30. The van der Waals surface area contributed by atoms with Gasteiger partial charge in [-0.25, -0.2) is 9.37 Å². The maximum Gasteiger partial charge on any atom is 0.258 e. The highest BCUT2D eigenvalue weighted by atomic mass is 19.1. The van der Waals surface area contributed by atoms with Gasteiger partial charge in [-0.15, -0.1) is 0 Å². The summed E-state index contributed by atoms with van der Waals surface area (Å²) in [6, 6.07) is 16.6. The molecular weight excluding hydrogens is 364 g/mol. The number of carbonyl (C=O) groups is 1. The van der Waals surface area contributed by atoms with E-state index in [1.807, 2.05) is 24.3 Å². The Labute approximate surface area is 158 Å². The summed E-state index contributed by atoms with van der Waals surface area (Å²) in [5.41, 5.74) is 0.732. The quantitative estimate of drug-likeness (QED) is 0.511. The smallest absolute Gasteiger partial charge is 0.258 e. The Morgan fingerprint density at radius 2 is 1.82 bits per heavy atom. The highest BCUT2D eigenvalue weighted by Gasteiger charge is 2.14. The van der Waals surface area contributed by atoms with Crippen LogP contribution in [-0.4, -0.2) is 15.9 Å². The first-order valence-corrected chi connectivity index (χ1v) is 8.34. The molecule has 28 heavy (non-hydrogen) atoms. The molecule has 2 aromatic heterocycles. The van der Waals surface area contributed by atoms with Crippen molar-refractivity contribution < 1.29 is 18.3 Å². The summed E-state index contributed by atoms with van der Waals surface area (Å²) in [4.78, 5) is 19.7.